The number of amides is 1. The van der Waals surface area contributed by atoms with Gasteiger partial charge in [-0.05, 0) is 52.1 Å². The third-order valence-corrected chi connectivity index (χ3v) is 7.79. The van der Waals surface area contributed by atoms with E-state index in [0.717, 1.165) is 13.1 Å². The van der Waals surface area contributed by atoms with Crippen molar-refractivity contribution in [2.45, 2.75) is 50.4 Å². The van der Waals surface area contributed by atoms with Crippen LogP contribution in [-0.4, -0.2) is 100.0 Å². The lowest BCUT2D eigenvalue weighted by molar-refractivity contribution is -0.153. The molecule has 236 valence electrons. The summed E-state index contributed by atoms with van der Waals surface area (Å²) in [6.45, 7) is 5.36. The zero-order chi connectivity index (χ0) is 31.7. The van der Waals surface area contributed by atoms with E-state index in [0.29, 0.717) is 23.0 Å². The topological polar surface area (TPSA) is 116 Å². The highest BCUT2D eigenvalue weighted by molar-refractivity contribution is 7.84. The monoisotopic (exact) mass is 627 g/mol. The van der Waals surface area contributed by atoms with Crippen LogP contribution in [0.5, 0.6) is 5.75 Å². The van der Waals surface area contributed by atoms with E-state index in [1.54, 1.807) is 31.2 Å². The maximum atomic E-state index is 13.5. The molecule has 2 aromatic heterocycles. The molecule has 1 amide bonds. The van der Waals surface area contributed by atoms with E-state index in [9.17, 15) is 27.0 Å². The van der Waals surface area contributed by atoms with Crippen molar-refractivity contribution in [3.8, 4) is 5.75 Å². The summed E-state index contributed by atoms with van der Waals surface area (Å²) >= 11 is 0. The molecule has 0 N–H and O–H groups in total. The van der Waals surface area contributed by atoms with Crippen LogP contribution in [0, 0.1) is 6.92 Å². The summed E-state index contributed by atoms with van der Waals surface area (Å²) in [4.78, 5) is 37.6. The van der Waals surface area contributed by atoms with Gasteiger partial charge in [0.15, 0.2) is 6.61 Å². The van der Waals surface area contributed by atoms with Crippen molar-refractivity contribution in [3.05, 3.63) is 47.8 Å². The zero-order valence-corrected chi connectivity index (χ0v) is 25.5. The minimum absolute atomic E-state index is 0.0126. The van der Waals surface area contributed by atoms with Crippen LogP contribution in [0.15, 0.2) is 41.7 Å². The van der Waals surface area contributed by atoms with Crippen molar-refractivity contribution < 1.29 is 41.2 Å². The number of para-hydroxylation sites is 2. The maximum Gasteiger partial charge on any atom is 0.508 e. The van der Waals surface area contributed by atoms with Crippen molar-refractivity contribution in [2.75, 3.05) is 46.9 Å². The Balaban J connectivity index is 1.70. The normalized spacial score (nSPS) is 13.1. The summed E-state index contributed by atoms with van der Waals surface area (Å²) in [6.07, 6.45) is -3.79. The lowest BCUT2D eigenvalue weighted by Gasteiger charge is -2.20. The molecule has 0 saturated heterocycles. The fourth-order valence-electron chi connectivity index (χ4n) is 3.90. The van der Waals surface area contributed by atoms with Gasteiger partial charge in [-0.15, -0.1) is 0 Å². The standard InChI is InChI=1S/C28H36F3N5O6S/c1-6-34(4)14-12-19(2)42-27(38)40-16-15-35(5)26(37)36-23-10-8-7-9-21(23)33-25(36)43(39)17-22-20(3)24(11-13-32-22)41-18-28(29,30)31/h7-11,13,19H,6,12,14-18H2,1-5H3/t19?,43-/m1/s1. The van der Waals surface area contributed by atoms with Gasteiger partial charge in [-0.1, -0.05) is 19.1 Å². The number of imidazole rings is 1. The first-order valence-corrected chi connectivity index (χ1v) is 14.9. The molecule has 0 bridgehead atoms. The van der Waals surface area contributed by atoms with Crippen LogP contribution in [0.3, 0.4) is 0 Å². The molecule has 0 saturated carbocycles. The van der Waals surface area contributed by atoms with E-state index >= 15 is 0 Å². The van der Waals surface area contributed by atoms with Crippen LogP contribution < -0.4 is 4.74 Å². The number of aromatic nitrogens is 3. The van der Waals surface area contributed by atoms with Crippen LogP contribution in [0.4, 0.5) is 22.8 Å². The highest BCUT2D eigenvalue weighted by atomic mass is 32.2. The van der Waals surface area contributed by atoms with Gasteiger partial charge in [0.2, 0.25) is 5.16 Å². The maximum absolute atomic E-state index is 13.5. The fourth-order valence-corrected chi connectivity index (χ4v) is 5.15. The van der Waals surface area contributed by atoms with Gasteiger partial charge in [-0.25, -0.2) is 19.1 Å². The van der Waals surface area contributed by atoms with E-state index in [-0.39, 0.29) is 41.6 Å². The number of carbonyl (C=O) groups excluding carboxylic acids is 2. The minimum Gasteiger partial charge on any atom is -0.484 e. The Bertz CT molecular complexity index is 1430. The Labute approximate surface area is 250 Å². The summed E-state index contributed by atoms with van der Waals surface area (Å²) in [5.41, 5.74) is 1.35. The van der Waals surface area contributed by atoms with Gasteiger partial charge in [-0.3, -0.25) is 9.19 Å². The van der Waals surface area contributed by atoms with E-state index in [2.05, 4.69) is 14.9 Å². The molecule has 0 spiro atoms. The molecule has 2 heterocycles. The summed E-state index contributed by atoms with van der Waals surface area (Å²) in [7, 11) is 1.54. The number of likely N-dealkylation sites (N-methyl/N-ethyl adjacent to an activating group) is 1. The predicted molar refractivity (Wildman–Crippen MR) is 153 cm³/mol. The number of hydrogen-bond acceptors (Lipinski definition) is 9. The number of carbonyl (C=O) groups is 2. The molecule has 1 unspecified atom stereocenters. The first kappa shape index (κ1) is 33.8. The molecular formula is C28H36F3N5O6S. The largest absolute Gasteiger partial charge is 0.508 e. The van der Waals surface area contributed by atoms with Gasteiger partial charge < -0.3 is 24.0 Å². The second-order valence-corrected chi connectivity index (χ2v) is 11.3. The molecule has 0 aliphatic rings. The Morgan fingerprint density at radius 2 is 1.86 bits per heavy atom. The SMILES string of the molecule is CCN(C)CCC(C)OC(=O)OCCN(C)C(=O)n1c([S@](=O)Cc2nccc(OCC(F)(F)F)c2C)nc2ccccc21. The third-order valence-electron chi connectivity index (χ3n) is 6.57. The van der Waals surface area contributed by atoms with Crippen LogP contribution in [-0.2, 0) is 26.0 Å². The van der Waals surface area contributed by atoms with Crippen LogP contribution in [0.2, 0.25) is 0 Å². The van der Waals surface area contributed by atoms with E-state index in [1.165, 1.54) is 35.7 Å². The average Bonchev–Trinajstić information content (AvgIpc) is 3.35. The summed E-state index contributed by atoms with van der Waals surface area (Å²) in [6, 6.07) is 7.45. The van der Waals surface area contributed by atoms with Crippen LogP contribution >= 0.6 is 0 Å². The van der Waals surface area contributed by atoms with Crippen LogP contribution in [0.1, 0.15) is 31.5 Å². The Kier molecular flexibility index (Phi) is 11.9. The van der Waals surface area contributed by atoms with Crippen molar-refractivity contribution in [3.63, 3.8) is 0 Å². The van der Waals surface area contributed by atoms with Gasteiger partial charge in [0.25, 0.3) is 0 Å². The van der Waals surface area contributed by atoms with Crippen molar-refractivity contribution in [2.24, 2.45) is 0 Å². The van der Waals surface area contributed by atoms with Gasteiger partial charge in [0.05, 0.1) is 39.8 Å². The molecule has 3 rings (SSSR count). The lowest BCUT2D eigenvalue weighted by atomic mass is 10.2. The van der Waals surface area contributed by atoms with Crippen molar-refractivity contribution in [1.82, 2.24) is 24.3 Å². The molecule has 11 nitrogen and oxygen atoms in total. The minimum atomic E-state index is -4.52. The highest BCUT2D eigenvalue weighted by Crippen LogP contribution is 2.26. The lowest BCUT2D eigenvalue weighted by Crippen LogP contribution is -2.35. The molecule has 0 aliphatic carbocycles. The van der Waals surface area contributed by atoms with Gasteiger partial charge >= 0.3 is 18.4 Å². The molecule has 43 heavy (non-hydrogen) atoms. The molecular weight excluding hydrogens is 591 g/mol. The molecule has 1 aromatic carbocycles. The Morgan fingerprint density at radius 1 is 1.14 bits per heavy atom. The molecule has 15 heteroatoms. The number of alkyl halides is 3. The second kappa shape index (κ2) is 15.1. The number of hydrogen-bond donors (Lipinski definition) is 0. The Morgan fingerprint density at radius 3 is 2.56 bits per heavy atom. The average molecular weight is 628 g/mol. The number of fused-ring (bicyclic) bond motifs is 1. The number of halogens is 3. The van der Waals surface area contributed by atoms with E-state index in [1.807, 2.05) is 14.0 Å². The third kappa shape index (κ3) is 9.64. The first-order chi connectivity index (χ1) is 20.3. The van der Waals surface area contributed by atoms with Gasteiger partial charge in [-0.2, -0.15) is 13.2 Å². The Hall–Kier alpha value is -3.72. The fraction of sp³-hybridized carbons (Fsp3) is 0.500. The molecule has 3 aromatic rings. The number of nitrogens with zero attached hydrogens (tertiary/aromatic N) is 5. The number of ether oxygens (including phenoxy) is 3. The predicted octanol–water partition coefficient (Wildman–Crippen LogP) is 4.77. The molecule has 0 aliphatic heterocycles. The van der Waals surface area contributed by atoms with Crippen LogP contribution in [0.25, 0.3) is 11.0 Å². The molecule has 2 atom stereocenters. The van der Waals surface area contributed by atoms with E-state index < -0.39 is 35.8 Å². The zero-order valence-electron chi connectivity index (χ0n) is 24.7. The quantitative estimate of drug-likeness (QED) is 0.247. The van der Waals surface area contributed by atoms with E-state index in [4.69, 9.17) is 14.2 Å². The van der Waals surface area contributed by atoms with Gasteiger partial charge in [0.1, 0.15) is 18.5 Å². The van der Waals surface area contributed by atoms with Crippen molar-refractivity contribution >= 4 is 34.0 Å². The van der Waals surface area contributed by atoms with Crippen molar-refractivity contribution in [1.29, 1.82) is 0 Å². The number of rotatable bonds is 13. The first-order valence-electron chi connectivity index (χ1n) is 13.6. The summed E-state index contributed by atoms with van der Waals surface area (Å²) in [5, 5.41) is -0.0629. The molecule has 0 fully saturated rings. The molecule has 0 radical (unpaired) electrons. The number of pyridine rings is 1. The second-order valence-electron chi connectivity index (χ2n) is 9.91. The number of benzene rings is 1. The highest BCUT2D eigenvalue weighted by Gasteiger charge is 2.29. The summed E-state index contributed by atoms with van der Waals surface area (Å²) in [5.74, 6) is -0.263. The smallest absolute Gasteiger partial charge is 0.484 e. The summed E-state index contributed by atoms with van der Waals surface area (Å²) < 4.78 is 68.0. The van der Waals surface area contributed by atoms with Gasteiger partial charge in [0, 0.05) is 25.4 Å².